The van der Waals surface area contributed by atoms with Gasteiger partial charge in [0.15, 0.2) is 17.2 Å². The van der Waals surface area contributed by atoms with Crippen molar-refractivity contribution in [2.24, 2.45) is 0 Å². The summed E-state index contributed by atoms with van der Waals surface area (Å²) in [6.45, 7) is 0. The molecule has 0 spiro atoms. The average Bonchev–Trinajstić information content (AvgIpc) is 3.27. The minimum atomic E-state index is -0.722. The first-order chi connectivity index (χ1) is 11.6. The molecule has 2 aromatic heterocycles. The maximum absolute atomic E-state index is 13.8. The lowest BCUT2D eigenvalue weighted by molar-refractivity contribution is 0.586. The summed E-state index contributed by atoms with van der Waals surface area (Å²) >= 11 is 0. The summed E-state index contributed by atoms with van der Waals surface area (Å²) in [6, 6.07) is 7.33. The lowest BCUT2D eigenvalue weighted by Gasteiger charge is -2.11. The number of hydrogen-bond acceptors (Lipinski definition) is 5. The van der Waals surface area contributed by atoms with Crippen LogP contribution in [0.15, 0.2) is 30.5 Å². The molecule has 3 aromatic rings. The fourth-order valence-corrected chi connectivity index (χ4v) is 2.39. The number of aromatic nitrogens is 3. The van der Waals surface area contributed by atoms with E-state index in [0.717, 1.165) is 25.0 Å². The Labute approximate surface area is 135 Å². The summed E-state index contributed by atoms with van der Waals surface area (Å²) in [5.41, 5.74) is 1.61. The van der Waals surface area contributed by atoms with E-state index in [0.29, 0.717) is 23.2 Å². The fourth-order valence-electron chi connectivity index (χ4n) is 2.39. The van der Waals surface area contributed by atoms with Crippen molar-refractivity contribution in [2.75, 3.05) is 10.6 Å². The van der Waals surface area contributed by atoms with Crippen molar-refractivity contribution in [3.05, 3.63) is 47.8 Å². The quantitative estimate of drug-likeness (QED) is 0.770. The number of nitrogens with one attached hydrogen (secondary N) is 2. The zero-order valence-electron chi connectivity index (χ0n) is 12.4. The number of halogens is 2. The number of imidazole rings is 1. The third-order valence-corrected chi connectivity index (χ3v) is 3.71. The van der Waals surface area contributed by atoms with Crippen molar-refractivity contribution in [2.45, 2.75) is 18.9 Å². The van der Waals surface area contributed by atoms with Crippen LogP contribution in [0.25, 0.3) is 5.65 Å². The topological polar surface area (TPSA) is 78.0 Å². The van der Waals surface area contributed by atoms with Gasteiger partial charge in [-0.15, -0.1) is 5.10 Å². The highest BCUT2D eigenvalue weighted by Crippen LogP contribution is 2.29. The molecule has 1 saturated carbocycles. The Balaban J connectivity index is 1.78. The van der Waals surface area contributed by atoms with E-state index in [4.69, 9.17) is 0 Å². The van der Waals surface area contributed by atoms with E-state index >= 15 is 0 Å². The summed E-state index contributed by atoms with van der Waals surface area (Å²) in [4.78, 5) is 4.21. The number of nitrogens with zero attached hydrogens (tertiary/aromatic N) is 4. The van der Waals surface area contributed by atoms with E-state index in [9.17, 15) is 14.0 Å². The summed E-state index contributed by atoms with van der Waals surface area (Å²) in [6.07, 6.45) is 3.56. The Morgan fingerprint density at radius 3 is 2.75 bits per heavy atom. The molecule has 1 aromatic carbocycles. The van der Waals surface area contributed by atoms with Crippen LogP contribution in [0, 0.1) is 23.0 Å². The molecule has 0 bridgehead atoms. The highest BCUT2D eigenvalue weighted by atomic mass is 19.1. The first kappa shape index (κ1) is 14.4. The van der Waals surface area contributed by atoms with Crippen molar-refractivity contribution in [1.29, 1.82) is 5.26 Å². The molecule has 2 N–H and O–H groups in total. The van der Waals surface area contributed by atoms with Crippen molar-refractivity contribution < 1.29 is 8.78 Å². The second-order valence-corrected chi connectivity index (χ2v) is 5.60. The number of fused-ring (bicyclic) bond motifs is 1. The predicted molar refractivity (Wildman–Crippen MR) is 84.0 cm³/mol. The Morgan fingerprint density at radius 2 is 2.04 bits per heavy atom. The fraction of sp³-hybridized carbons (Fsp3) is 0.188. The van der Waals surface area contributed by atoms with E-state index in [1.807, 2.05) is 6.07 Å². The number of hydrogen-bond donors (Lipinski definition) is 2. The molecule has 6 nitrogen and oxygen atoms in total. The maximum atomic E-state index is 13.8. The minimum absolute atomic E-state index is 0.0965. The first-order valence-corrected chi connectivity index (χ1v) is 7.41. The van der Waals surface area contributed by atoms with Gasteiger partial charge < -0.3 is 10.6 Å². The molecular formula is C16H12F2N6. The van der Waals surface area contributed by atoms with E-state index in [-0.39, 0.29) is 11.4 Å². The Morgan fingerprint density at radius 1 is 1.21 bits per heavy atom. The smallest absolute Gasteiger partial charge is 0.178 e. The van der Waals surface area contributed by atoms with Crippen molar-refractivity contribution in [3.8, 4) is 6.07 Å². The molecule has 8 heteroatoms. The van der Waals surface area contributed by atoms with E-state index in [1.54, 1.807) is 6.07 Å². The molecule has 2 heterocycles. The summed E-state index contributed by atoms with van der Waals surface area (Å²) in [5.74, 6) is -1.05. The molecule has 0 atom stereocenters. The Bertz CT molecular complexity index is 971. The van der Waals surface area contributed by atoms with E-state index < -0.39 is 11.6 Å². The van der Waals surface area contributed by atoms with E-state index in [1.165, 1.54) is 16.8 Å². The third-order valence-electron chi connectivity index (χ3n) is 3.71. The van der Waals surface area contributed by atoms with Gasteiger partial charge in [-0.25, -0.2) is 13.8 Å². The molecule has 0 saturated heterocycles. The van der Waals surface area contributed by atoms with Crippen LogP contribution in [0.5, 0.6) is 0 Å². The van der Waals surface area contributed by atoms with Gasteiger partial charge in [0.2, 0.25) is 0 Å². The molecular weight excluding hydrogens is 314 g/mol. The second-order valence-electron chi connectivity index (χ2n) is 5.60. The largest absolute Gasteiger partial charge is 0.379 e. The number of rotatable bonds is 4. The van der Waals surface area contributed by atoms with Gasteiger partial charge >= 0.3 is 0 Å². The summed E-state index contributed by atoms with van der Waals surface area (Å²) in [5, 5.41) is 19.6. The summed E-state index contributed by atoms with van der Waals surface area (Å²) in [7, 11) is 0. The third kappa shape index (κ3) is 2.60. The molecule has 1 fully saturated rings. The molecule has 0 amide bonds. The molecule has 0 unspecified atom stereocenters. The monoisotopic (exact) mass is 326 g/mol. The number of benzene rings is 1. The van der Waals surface area contributed by atoms with Gasteiger partial charge in [-0.1, -0.05) is 0 Å². The maximum Gasteiger partial charge on any atom is 0.178 e. The SMILES string of the molecule is N#Cc1cnc2c(NC3CC3)cc(Nc3ccc(F)cc3F)nn12. The minimum Gasteiger partial charge on any atom is -0.379 e. The van der Waals surface area contributed by atoms with Gasteiger partial charge in [-0.3, -0.25) is 0 Å². The highest BCUT2D eigenvalue weighted by Gasteiger charge is 2.23. The van der Waals surface area contributed by atoms with Crippen molar-refractivity contribution >= 4 is 22.8 Å². The van der Waals surface area contributed by atoms with Gasteiger partial charge in [-0.2, -0.15) is 9.78 Å². The van der Waals surface area contributed by atoms with Crippen LogP contribution in [0.2, 0.25) is 0 Å². The lowest BCUT2D eigenvalue weighted by Crippen LogP contribution is -2.08. The normalized spacial score (nSPS) is 13.7. The molecule has 120 valence electrons. The Hall–Kier alpha value is -3.21. The van der Waals surface area contributed by atoms with Gasteiger partial charge in [0.1, 0.15) is 17.7 Å². The molecule has 0 aliphatic heterocycles. The van der Waals surface area contributed by atoms with Crippen LogP contribution in [-0.4, -0.2) is 20.6 Å². The average molecular weight is 326 g/mol. The van der Waals surface area contributed by atoms with Crippen LogP contribution in [0.1, 0.15) is 18.5 Å². The highest BCUT2D eigenvalue weighted by molar-refractivity contribution is 5.73. The zero-order chi connectivity index (χ0) is 16.7. The van der Waals surface area contributed by atoms with Gasteiger partial charge in [-0.05, 0) is 25.0 Å². The number of anilines is 3. The van der Waals surface area contributed by atoms with Gasteiger partial charge in [0.25, 0.3) is 0 Å². The molecule has 0 radical (unpaired) electrons. The van der Waals surface area contributed by atoms with Crippen LogP contribution in [0.4, 0.5) is 26.0 Å². The van der Waals surface area contributed by atoms with Crippen LogP contribution >= 0.6 is 0 Å². The van der Waals surface area contributed by atoms with Crippen LogP contribution in [0.3, 0.4) is 0 Å². The predicted octanol–water partition coefficient (Wildman–Crippen LogP) is 3.20. The first-order valence-electron chi connectivity index (χ1n) is 7.41. The van der Waals surface area contributed by atoms with Crippen LogP contribution < -0.4 is 10.6 Å². The summed E-state index contributed by atoms with van der Waals surface area (Å²) < 4.78 is 28.3. The lowest BCUT2D eigenvalue weighted by atomic mass is 10.3. The molecule has 24 heavy (non-hydrogen) atoms. The molecule has 1 aliphatic carbocycles. The number of nitriles is 1. The second kappa shape index (κ2) is 5.45. The zero-order valence-corrected chi connectivity index (χ0v) is 12.4. The van der Waals surface area contributed by atoms with Crippen molar-refractivity contribution in [3.63, 3.8) is 0 Å². The Kier molecular flexibility index (Phi) is 3.27. The molecule has 1 aliphatic rings. The van der Waals surface area contributed by atoms with Crippen molar-refractivity contribution in [1.82, 2.24) is 14.6 Å². The molecule has 4 rings (SSSR count). The van der Waals surface area contributed by atoms with E-state index in [2.05, 4.69) is 20.7 Å². The standard InChI is InChI=1S/C16H12F2N6/c17-9-1-4-13(12(18)5-9)22-15-6-14(21-10-2-3-10)16-20-8-11(7-19)24(16)23-15/h1,4-6,8,10,21H,2-3H2,(H,22,23). The van der Waals surface area contributed by atoms with Gasteiger partial charge in [0, 0.05) is 18.2 Å². The van der Waals surface area contributed by atoms with Gasteiger partial charge in [0.05, 0.1) is 17.6 Å². The van der Waals surface area contributed by atoms with Crippen LogP contribution in [-0.2, 0) is 0 Å².